The smallest absolute Gasteiger partial charge is 0.247 e. The zero-order valence-electron chi connectivity index (χ0n) is 5.72. The first-order valence-electron chi connectivity index (χ1n) is 2.70. The van der Waals surface area contributed by atoms with Gasteiger partial charge in [0.05, 0.1) is 6.07 Å². The predicted octanol–water partition coefficient (Wildman–Crippen LogP) is 0.716. The molecule has 3 nitrogen and oxygen atoms in total. The maximum absolute atomic E-state index is 10.5. The first kappa shape index (κ1) is 8.44. The van der Waals surface area contributed by atoms with Crippen LogP contribution in [-0.2, 0) is 4.79 Å². The van der Waals surface area contributed by atoms with Crippen LogP contribution in [0.2, 0.25) is 0 Å². The van der Waals surface area contributed by atoms with Crippen LogP contribution in [0.1, 0.15) is 6.92 Å². The van der Waals surface area contributed by atoms with Gasteiger partial charge in [-0.05, 0) is 13.0 Å². The molecule has 0 spiro atoms. The van der Waals surface area contributed by atoms with Crippen molar-refractivity contribution in [3.05, 3.63) is 24.4 Å². The van der Waals surface area contributed by atoms with Gasteiger partial charge in [-0.1, -0.05) is 6.58 Å². The third kappa shape index (κ3) is 3.44. The molecule has 0 bridgehead atoms. The molecule has 0 aromatic rings. The van der Waals surface area contributed by atoms with Gasteiger partial charge in [0.15, 0.2) is 0 Å². The van der Waals surface area contributed by atoms with E-state index in [1.54, 1.807) is 13.0 Å². The molecule has 10 heavy (non-hydrogen) atoms. The monoisotopic (exact) mass is 136 g/mol. The fourth-order valence-electron chi connectivity index (χ4n) is 0.378. The van der Waals surface area contributed by atoms with Gasteiger partial charge in [0.2, 0.25) is 5.91 Å². The summed E-state index contributed by atoms with van der Waals surface area (Å²) in [5.41, 5.74) is 0.521. The van der Waals surface area contributed by atoms with Crippen LogP contribution in [-0.4, -0.2) is 5.91 Å². The number of amides is 1. The molecule has 3 heteroatoms. The van der Waals surface area contributed by atoms with Crippen LogP contribution in [0.5, 0.6) is 0 Å². The van der Waals surface area contributed by atoms with Gasteiger partial charge in [0.1, 0.15) is 0 Å². The Morgan fingerprint density at radius 1 is 1.80 bits per heavy atom. The average molecular weight is 136 g/mol. The minimum atomic E-state index is -0.302. The number of nitrogens with one attached hydrogen (secondary N) is 1. The second-order valence-corrected chi connectivity index (χ2v) is 1.65. The summed E-state index contributed by atoms with van der Waals surface area (Å²) in [5, 5.41) is 10.5. The van der Waals surface area contributed by atoms with Crippen molar-refractivity contribution in [3.63, 3.8) is 0 Å². The van der Waals surface area contributed by atoms with Gasteiger partial charge in [-0.2, -0.15) is 5.26 Å². The van der Waals surface area contributed by atoms with E-state index in [9.17, 15) is 4.79 Å². The van der Waals surface area contributed by atoms with Gasteiger partial charge in [0.25, 0.3) is 0 Å². The zero-order chi connectivity index (χ0) is 7.98. The van der Waals surface area contributed by atoms with Gasteiger partial charge < -0.3 is 5.32 Å². The Kier molecular flexibility index (Phi) is 3.66. The first-order chi connectivity index (χ1) is 4.70. The number of hydrogen-bond acceptors (Lipinski definition) is 2. The van der Waals surface area contributed by atoms with Crippen molar-refractivity contribution in [2.45, 2.75) is 6.92 Å². The number of carbonyl (C=O) groups is 1. The van der Waals surface area contributed by atoms with E-state index in [0.717, 1.165) is 6.08 Å². The molecular formula is C7H8N2O. The van der Waals surface area contributed by atoms with Crippen molar-refractivity contribution in [2.24, 2.45) is 0 Å². The average Bonchev–Trinajstić information content (AvgIpc) is 1.88. The second kappa shape index (κ2) is 4.33. The maximum atomic E-state index is 10.5. The highest BCUT2D eigenvalue weighted by atomic mass is 16.1. The lowest BCUT2D eigenvalue weighted by atomic mass is 10.4. The molecule has 0 rings (SSSR count). The van der Waals surface area contributed by atoms with Crippen LogP contribution >= 0.6 is 0 Å². The minimum absolute atomic E-state index is 0.302. The number of allylic oxidation sites excluding steroid dienone is 2. The highest BCUT2D eigenvalue weighted by Crippen LogP contribution is 1.83. The number of rotatable bonds is 2. The van der Waals surface area contributed by atoms with Gasteiger partial charge in [-0.25, -0.2) is 0 Å². The van der Waals surface area contributed by atoms with E-state index >= 15 is 0 Å². The van der Waals surface area contributed by atoms with E-state index in [-0.39, 0.29) is 5.91 Å². The summed E-state index contributed by atoms with van der Waals surface area (Å²) < 4.78 is 0. The number of nitriles is 1. The van der Waals surface area contributed by atoms with Gasteiger partial charge >= 0.3 is 0 Å². The Morgan fingerprint density at radius 3 is 2.80 bits per heavy atom. The van der Waals surface area contributed by atoms with E-state index in [4.69, 9.17) is 5.26 Å². The first-order valence-corrected chi connectivity index (χ1v) is 2.70. The topological polar surface area (TPSA) is 52.9 Å². The molecule has 0 atom stereocenters. The summed E-state index contributed by atoms with van der Waals surface area (Å²) in [6.07, 6.45) is 2.40. The van der Waals surface area contributed by atoms with Crippen molar-refractivity contribution in [2.75, 3.05) is 0 Å². The third-order valence-corrected chi connectivity index (χ3v) is 0.787. The molecule has 0 unspecified atom stereocenters. The second-order valence-electron chi connectivity index (χ2n) is 1.65. The van der Waals surface area contributed by atoms with Crippen LogP contribution in [0.25, 0.3) is 0 Å². The summed E-state index contributed by atoms with van der Waals surface area (Å²) in [4.78, 5) is 10.5. The molecule has 0 aliphatic rings. The lowest BCUT2D eigenvalue weighted by Crippen LogP contribution is -2.17. The molecule has 52 valence electrons. The Bertz CT molecular complexity index is 210. The summed E-state index contributed by atoms with van der Waals surface area (Å²) in [5.74, 6) is -0.302. The van der Waals surface area contributed by atoms with Crippen molar-refractivity contribution in [3.8, 4) is 6.07 Å². The number of hydrogen-bond donors (Lipinski definition) is 1. The van der Waals surface area contributed by atoms with Crippen molar-refractivity contribution >= 4 is 5.91 Å². The highest BCUT2D eigenvalue weighted by Gasteiger charge is 1.91. The third-order valence-electron chi connectivity index (χ3n) is 0.787. The Morgan fingerprint density at radius 2 is 2.40 bits per heavy atom. The largest absolute Gasteiger partial charge is 0.326 e. The standard InChI is InChI=1S/C7H8N2O/c1-3-7(10)9-6(2)4-5-8/h3-4H,1H2,2H3,(H,9,10)/b6-4+. The van der Waals surface area contributed by atoms with Crippen molar-refractivity contribution in [1.82, 2.24) is 5.32 Å². The van der Waals surface area contributed by atoms with Crippen LogP contribution in [0, 0.1) is 11.3 Å². The van der Waals surface area contributed by atoms with E-state index in [2.05, 4.69) is 11.9 Å². The summed E-state index contributed by atoms with van der Waals surface area (Å²) in [7, 11) is 0. The summed E-state index contributed by atoms with van der Waals surface area (Å²) in [6, 6.07) is 1.79. The molecule has 0 aliphatic heterocycles. The molecule has 0 saturated carbocycles. The minimum Gasteiger partial charge on any atom is -0.326 e. The van der Waals surface area contributed by atoms with Crippen LogP contribution in [0.4, 0.5) is 0 Å². The Hall–Kier alpha value is -1.56. The lowest BCUT2D eigenvalue weighted by molar-refractivity contribution is -0.115. The lowest BCUT2D eigenvalue weighted by Gasteiger charge is -1.96. The molecule has 0 aromatic heterocycles. The zero-order valence-corrected chi connectivity index (χ0v) is 5.72. The van der Waals surface area contributed by atoms with Crippen LogP contribution < -0.4 is 5.32 Å². The summed E-state index contributed by atoms with van der Waals surface area (Å²) in [6.45, 7) is 4.88. The number of nitrogens with zero attached hydrogens (tertiary/aromatic N) is 1. The van der Waals surface area contributed by atoms with E-state index < -0.39 is 0 Å². The van der Waals surface area contributed by atoms with Gasteiger partial charge in [0, 0.05) is 11.8 Å². The van der Waals surface area contributed by atoms with Crippen molar-refractivity contribution in [1.29, 1.82) is 5.26 Å². The molecule has 0 saturated heterocycles. The SMILES string of the molecule is C=CC(=O)N/C(C)=C/C#N. The van der Waals surface area contributed by atoms with E-state index in [0.29, 0.717) is 5.70 Å². The Balaban J connectivity index is 3.93. The van der Waals surface area contributed by atoms with Crippen LogP contribution in [0.3, 0.4) is 0 Å². The van der Waals surface area contributed by atoms with E-state index in [1.165, 1.54) is 6.08 Å². The molecule has 0 fully saturated rings. The maximum Gasteiger partial charge on any atom is 0.247 e. The van der Waals surface area contributed by atoms with Crippen molar-refractivity contribution < 1.29 is 4.79 Å². The predicted molar refractivity (Wildman–Crippen MR) is 37.7 cm³/mol. The summed E-state index contributed by atoms with van der Waals surface area (Å²) >= 11 is 0. The van der Waals surface area contributed by atoms with Gasteiger partial charge in [-0.15, -0.1) is 0 Å². The molecule has 0 aromatic carbocycles. The van der Waals surface area contributed by atoms with E-state index in [1.807, 2.05) is 0 Å². The fraction of sp³-hybridized carbons (Fsp3) is 0.143. The van der Waals surface area contributed by atoms with Crippen LogP contribution in [0.15, 0.2) is 24.4 Å². The van der Waals surface area contributed by atoms with Gasteiger partial charge in [-0.3, -0.25) is 4.79 Å². The molecule has 0 radical (unpaired) electrons. The molecule has 1 amide bonds. The molecular weight excluding hydrogens is 128 g/mol. The molecule has 0 aliphatic carbocycles. The fourth-order valence-corrected chi connectivity index (χ4v) is 0.378. The Labute approximate surface area is 59.7 Å². The normalized spacial score (nSPS) is 9.80. The quantitative estimate of drug-likeness (QED) is 0.449. The molecule has 0 heterocycles. The molecule has 1 N–H and O–H groups in total. The number of carbonyl (C=O) groups excluding carboxylic acids is 1. The highest BCUT2D eigenvalue weighted by molar-refractivity contribution is 5.88.